The van der Waals surface area contributed by atoms with Crippen molar-refractivity contribution in [2.24, 2.45) is 0 Å². The van der Waals surface area contributed by atoms with E-state index in [1.54, 1.807) is 13.4 Å². The van der Waals surface area contributed by atoms with E-state index in [0.717, 1.165) is 22.1 Å². The molecule has 1 amide bonds. The second-order valence-electron chi connectivity index (χ2n) is 4.86. The lowest BCUT2D eigenvalue weighted by atomic mass is 10.1. The molecule has 102 valence electrons. The van der Waals surface area contributed by atoms with Crippen molar-refractivity contribution >= 4 is 16.9 Å². The number of furan rings is 1. The van der Waals surface area contributed by atoms with Gasteiger partial charge in [0.05, 0.1) is 19.3 Å². The molecule has 0 radical (unpaired) electrons. The van der Waals surface area contributed by atoms with E-state index < -0.39 is 0 Å². The first-order valence-corrected chi connectivity index (χ1v) is 6.35. The number of aryl methyl sites for hydroxylation is 1. The molecule has 1 aromatic carbocycles. The Hall–Kier alpha value is -1.81. The summed E-state index contributed by atoms with van der Waals surface area (Å²) in [5, 5.41) is 3.90. The average molecular weight is 261 g/mol. The molecule has 2 aromatic rings. The summed E-state index contributed by atoms with van der Waals surface area (Å²) in [4.78, 5) is 11.9. The van der Waals surface area contributed by atoms with Crippen LogP contribution in [-0.2, 0) is 16.0 Å². The van der Waals surface area contributed by atoms with Gasteiger partial charge < -0.3 is 14.5 Å². The standard InChI is InChI=1S/C15H19NO3/c1-10-4-5-14-13(6-10)12(9-19-14)7-15(17)16-11(2)8-18-3/h4-6,9,11H,7-8H2,1-3H3,(H,16,17). The van der Waals surface area contributed by atoms with Gasteiger partial charge >= 0.3 is 0 Å². The highest BCUT2D eigenvalue weighted by atomic mass is 16.5. The number of fused-ring (bicyclic) bond motifs is 1. The lowest BCUT2D eigenvalue weighted by Crippen LogP contribution is -2.36. The highest BCUT2D eigenvalue weighted by Crippen LogP contribution is 2.22. The molecule has 0 aliphatic rings. The van der Waals surface area contributed by atoms with Crippen LogP contribution in [0, 0.1) is 6.92 Å². The van der Waals surface area contributed by atoms with Crippen LogP contribution in [0.5, 0.6) is 0 Å². The van der Waals surface area contributed by atoms with E-state index in [2.05, 4.69) is 5.32 Å². The Morgan fingerprint density at radius 3 is 3.00 bits per heavy atom. The molecule has 1 N–H and O–H groups in total. The number of hydrogen-bond donors (Lipinski definition) is 1. The summed E-state index contributed by atoms with van der Waals surface area (Å²) >= 11 is 0. The Labute approximate surface area is 112 Å². The van der Waals surface area contributed by atoms with Gasteiger partial charge in [0.2, 0.25) is 5.91 Å². The molecule has 0 saturated heterocycles. The minimum absolute atomic E-state index is 0.0115. The van der Waals surface area contributed by atoms with E-state index in [9.17, 15) is 4.79 Å². The van der Waals surface area contributed by atoms with Crippen molar-refractivity contribution in [3.63, 3.8) is 0 Å². The van der Waals surface area contributed by atoms with Gasteiger partial charge in [-0.25, -0.2) is 0 Å². The van der Waals surface area contributed by atoms with Crippen LogP contribution in [0.3, 0.4) is 0 Å². The summed E-state index contributed by atoms with van der Waals surface area (Å²) in [6.07, 6.45) is 1.98. The van der Waals surface area contributed by atoms with E-state index >= 15 is 0 Å². The molecule has 1 unspecified atom stereocenters. The quantitative estimate of drug-likeness (QED) is 0.899. The van der Waals surface area contributed by atoms with E-state index in [1.165, 1.54) is 0 Å². The smallest absolute Gasteiger partial charge is 0.224 e. The maximum absolute atomic E-state index is 11.9. The van der Waals surface area contributed by atoms with Crippen molar-refractivity contribution in [3.8, 4) is 0 Å². The zero-order valence-electron chi connectivity index (χ0n) is 11.5. The molecule has 4 heteroatoms. The van der Waals surface area contributed by atoms with Gasteiger partial charge in [0, 0.05) is 24.1 Å². The number of carbonyl (C=O) groups is 1. The second kappa shape index (κ2) is 5.89. The lowest BCUT2D eigenvalue weighted by Gasteiger charge is -2.12. The zero-order valence-corrected chi connectivity index (χ0v) is 11.5. The van der Waals surface area contributed by atoms with Crippen LogP contribution in [0.25, 0.3) is 11.0 Å². The fraction of sp³-hybridized carbons (Fsp3) is 0.400. The van der Waals surface area contributed by atoms with Crippen molar-refractivity contribution < 1.29 is 13.9 Å². The second-order valence-corrected chi connectivity index (χ2v) is 4.86. The number of benzene rings is 1. The molecule has 0 fully saturated rings. The van der Waals surface area contributed by atoms with Gasteiger partial charge in [-0.05, 0) is 26.0 Å². The number of hydrogen-bond acceptors (Lipinski definition) is 3. The number of methoxy groups -OCH3 is 1. The van der Waals surface area contributed by atoms with Crippen LogP contribution in [-0.4, -0.2) is 25.7 Å². The summed E-state index contributed by atoms with van der Waals surface area (Å²) in [5.74, 6) is -0.0197. The van der Waals surface area contributed by atoms with E-state index in [1.807, 2.05) is 32.0 Å². The summed E-state index contributed by atoms with van der Waals surface area (Å²) in [7, 11) is 1.62. The number of amides is 1. The number of carbonyl (C=O) groups excluding carboxylic acids is 1. The molecular weight excluding hydrogens is 242 g/mol. The average Bonchev–Trinajstić information content (AvgIpc) is 2.72. The molecule has 19 heavy (non-hydrogen) atoms. The van der Waals surface area contributed by atoms with Crippen LogP contribution in [0.2, 0.25) is 0 Å². The van der Waals surface area contributed by atoms with Gasteiger partial charge in [0.1, 0.15) is 5.58 Å². The summed E-state index contributed by atoms with van der Waals surface area (Å²) in [5.41, 5.74) is 2.89. The van der Waals surface area contributed by atoms with E-state index in [-0.39, 0.29) is 11.9 Å². The molecule has 2 rings (SSSR count). The molecule has 0 aliphatic heterocycles. The van der Waals surface area contributed by atoms with Crippen molar-refractivity contribution in [2.45, 2.75) is 26.3 Å². The molecule has 1 heterocycles. The topological polar surface area (TPSA) is 51.5 Å². The molecule has 1 aromatic heterocycles. The fourth-order valence-corrected chi connectivity index (χ4v) is 2.12. The van der Waals surface area contributed by atoms with E-state index in [0.29, 0.717) is 13.0 Å². The van der Waals surface area contributed by atoms with Crippen molar-refractivity contribution in [3.05, 3.63) is 35.6 Å². The maximum atomic E-state index is 11.9. The minimum atomic E-state index is -0.0197. The monoisotopic (exact) mass is 261 g/mol. The third-order valence-electron chi connectivity index (χ3n) is 2.98. The van der Waals surface area contributed by atoms with Gasteiger partial charge in [-0.1, -0.05) is 11.6 Å². The first kappa shape index (κ1) is 13.6. The Kier molecular flexibility index (Phi) is 4.22. The van der Waals surface area contributed by atoms with Gasteiger partial charge in [-0.2, -0.15) is 0 Å². The number of ether oxygens (including phenoxy) is 1. The minimum Gasteiger partial charge on any atom is -0.464 e. The van der Waals surface area contributed by atoms with Gasteiger partial charge in [0.15, 0.2) is 0 Å². The molecule has 0 aliphatic carbocycles. The highest BCUT2D eigenvalue weighted by molar-refractivity contribution is 5.88. The normalized spacial score (nSPS) is 12.6. The van der Waals surface area contributed by atoms with Crippen LogP contribution < -0.4 is 5.32 Å². The van der Waals surface area contributed by atoms with Crippen LogP contribution in [0.1, 0.15) is 18.1 Å². The zero-order chi connectivity index (χ0) is 13.8. The van der Waals surface area contributed by atoms with Crippen LogP contribution in [0.15, 0.2) is 28.9 Å². The predicted molar refractivity (Wildman–Crippen MR) is 74.1 cm³/mol. The predicted octanol–water partition coefficient (Wildman–Crippen LogP) is 2.43. The van der Waals surface area contributed by atoms with Crippen LogP contribution in [0.4, 0.5) is 0 Å². The lowest BCUT2D eigenvalue weighted by molar-refractivity contribution is -0.121. The molecule has 0 spiro atoms. The van der Waals surface area contributed by atoms with Gasteiger partial charge in [-0.15, -0.1) is 0 Å². The molecule has 4 nitrogen and oxygen atoms in total. The molecule has 1 atom stereocenters. The third kappa shape index (κ3) is 3.35. The van der Waals surface area contributed by atoms with Crippen molar-refractivity contribution in [1.82, 2.24) is 5.32 Å². The molecular formula is C15H19NO3. The summed E-state index contributed by atoms with van der Waals surface area (Å²) < 4.78 is 10.4. The Bertz CT molecular complexity index is 574. The highest BCUT2D eigenvalue weighted by Gasteiger charge is 2.12. The Balaban J connectivity index is 2.08. The van der Waals surface area contributed by atoms with E-state index in [4.69, 9.17) is 9.15 Å². The van der Waals surface area contributed by atoms with Crippen molar-refractivity contribution in [1.29, 1.82) is 0 Å². The molecule has 0 saturated carbocycles. The maximum Gasteiger partial charge on any atom is 0.224 e. The number of rotatable bonds is 5. The third-order valence-corrected chi connectivity index (χ3v) is 2.98. The Morgan fingerprint density at radius 2 is 2.26 bits per heavy atom. The Morgan fingerprint density at radius 1 is 1.47 bits per heavy atom. The fourth-order valence-electron chi connectivity index (χ4n) is 2.12. The molecule has 0 bridgehead atoms. The van der Waals surface area contributed by atoms with Crippen LogP contribution >= 0.6 is 0 Å². The SMILES string of the molecule is COCC(C)NC(=O)Cc1coc2ccc(C)cc12. The first-order valence-electron chi connectivity index (χ1n) is 6.35. The number of nitrogens with one attached hydrogen (secondary N) is 1. The van der Waals surface area contributed by atoms with Gasteiger partial charge in [0.25, 0.3) is 0 Å². The van der Waals surface area contributed by atoms with Gasteiger partial charge in [-0.3, -0.25) is 4.79 Å². The van der Waals surface area contributed by atoms with Crippen molar-refractivity contribution in [2.75, 3.05) is 13.7 Å². The largest absolute Gasteiger partial charge is 0.464 e. The first-order chi connectivity index (χ1) is 9.10. The summed E-state index contributed by atoms with van der Waals surface area (Å²) in [6, 6.07) is 5.98. The summed E-state index contributed by atoms with van der Waals surface area (Å²) in [6.45, 7) is 4.45.